The van der Waals surface area contributed by atoms with E-state index in [0.29, 0.717) is 36.4 Å². The second kappa shape index (κ2) is 7.92. The summed E-state index contributed by atoms with van der Waals surface area (Å²) < 4.78 is 24.4. The normalized spacial score (nSPS) is 24.1. The Morgan fingerprint density at radius 2 is 2.11 bits per heavy atom. The molecule has 2 bridgehead atoms. The Morgan fingerprint density at radius 1 is 1.26 bits per heavy atom. The third-order valence-corrected chi connectivity index (χ3v) is 4.95. The second-order valence-electron chi connectivity index (χ2n) is 6.85. The summed E-state index contributed by atoms with van der Waals surface area (Å²) in [5.74, 6) is 1.48. The molecule has 0 saturated carbocycles. The van der Waals surface area contributed by atoms with Crippen LogP contribution in [0.2, 0.25) is 0 Å². The molecule has 2 saturated heterocycles. The number of hydrogen-bond acceptors (Lipinski definition) is 4. The van der Waals surface area contributed by atoms with Crippen LogP contribution < -0.4 is 15.4 Å². The third-order valence-electron chi connectivity index (χ3n) is 4.95. The standard InChI is InChI=1S/C20H23FN4O2/c1-22-20(25-17-10-16-7-8-18(17)26-16)24-12-13-2-9-19(23-11-13)27-15-5-3-14(21)4-6-15/h2-6,9,11,16-18H,7-8,10,12H2,1H3,(H2,22,24,25). The Morgan fingerprint density at radius 3 is 2.74 bits per heavy atom. The zero-order chi connectivity index (χ0) is 18.6. The number of pyridine rings is 1. The molecule has 2 N–H and O–H groups in total. The van der Waals surface area contributed by atoms with Crippen molar-refractivity contribution in [2.24, 2.45) is 4.99 Å². The zero-order valence-corrected chi connectivity index (χ0v) is 15.2. The molecular formula is C20H23FN4O2. The van der Waals surface area contributed by atoms with E-state index >= 15 is 0 Å². The number of guanidine groups is 1. The van der Waals surface area contributed by atoms with Crippen LogP contribution in [-0.2, 0) is 11.3 Å². The highest BCUT2D eigenvalue weighted by atomic mass is 19.1. The Balaban J connectivity index is 1.28. The Kier molecular flexibility index (Phi) is 5.20. The van der Waals surface area contributed by atoms with Crippen LogP contribution in [0.4, 0.5) is 4.39 Å². The van der Waals surface area contributed by atoms with Crippen molar-refractivity contribution in [1.29, 1.82) is 0 Å². The molecule has 0 amide bonds. The Labute approximate surface area is 157 Å². The average Bonchev–Trinajstić information content (AvgIpc) is 3.31. The summed E-state index contributed by atoms with van der Waals surface area (Å²) in [6.45, 7) is 0.602. The fourth-order valence-electron chi connectivity index (χ4n) is 3.55. The number of rotatable bonds is 5. The number of aromatic nitrogens is 1. The lowest BCUT2D eigenvalue weighted by Crippen LogP contribution is -2.47. The van der Waals surface area contributed by atoms with Crippen molar-refractivity contribution in [2.45, 2.75) is 44.1 Å². The molecule has 6 nitrogen and oxygen atoms in total. The first-order chi connectivity index (χ1) is 13.2. The lowest BCUT2D eigenvalue weighted by Gasteiger charge is -2.22. The highest BCUT2D eigenvalue weighted by Crippen LogP contribution is 2.34. The number of nitrogens with zero attached hydrogens (tertiary/aromatic N) is 2. The summed E-state index contributed by atoms with van der Waals surface area (Å²) in [5, 5.41) is 6.76. The van der Waals surface area contributed by atoms with Gasteiger partial charge in [-0.1, -0.05) is 6.07 Å². The van der Waals surface area contributed by atoms with Gasteiger partial charge in [0, 0.05) is 25.9 Å². The maximum atomic E-state index is 12.9. The summed E-state index contributed by atoms with van der Waals surface area (Å²) in [4.78, 5) is 8.59. The highest BCUT2D eigenvalue weighted by Gasteiger charge is 2.41. The topological polar surface area (TPSA) is 67.8 Å². The number of halogens is 1. The fourth-order valence-corrected chi connectivity index (χ4v) is 3.55. The van der Waals surface area contributed by atoms with E-state index in [4.69, 9.17) is 9.47 Å². The minimum atomic E-state index is -0.296. The largest absolute Gasteiger partial charge is 0.439 e. The summed E-state index contributed by atoms with van der Waals surface area (Å²) in [6, 6.07) is 9.91. The SMILES string of the molecule is CN=C(NCc1ccc(Oc2ccc(F)cc2)nc1)NC1CC2CCC1O2. The molecule has 3 unspecified atom stereocenters. The maximum Gasteiger partial charge on any atom is 0.219 e. The van der Waals surface area contributed by atoms with E-state index in [9.17, 15) is 4.39 Å². The molecule has 2 fully saturated rings. The molecule has 2 aliphatic heterocycles. The van der Waals surface area contributed by atoms with Crippen LogP contribution in [0.3, 0.4) is 0 Å². The fraction of sp³-hybridized carbons (Fsp3) is 0.400. The van der Waals surface area contributed by atoms with Crippen molar-refractivity contribution in [1.82, 2.24) is 15.6 Å². The van der Waals surface area contributed by atoms with Gasteiger partial charge in [0.25, 0.3) is 0 Å². The summed E-state index contributed by atoms with van der Waals surface area (Å²) in [7, 11) is 1.77. The first-order valence-corrected chi connectivity index (χ1v) is 9.20. The Hall–Kier alpha value is -2.67. The molecular weight excluding hydrogens is 347 g/mol. The number of benzene rings is 1. The number of aliphatic imine (C=N–C) groups is 1. The lowest BCUT2D eigenvalue weighted by molar-refractivity contribution is 0.0992. The van der Waals surface area contributed by atoms with Gasteiger partial charge in [0.2, 0.25) is 5.88 Å². The van der Waals surface area contributed by atoms with Gasteiger partial charge in [0.1, 0.15) is 11.6 Å². The maximum absolute atomic E-state index is 12.9. The molecule has 142 valence electrons. The van der Waals surface area contributed by atoms with E-state index in [-0.39, 0.29) is 5.82 Å². The second-order valence-corrected chi connectivity index (χ2v) is 6.85. The van der Waals surface area contributed by atoms with Crippen molar-refractivity contribution >= 4 is 5.96 Å². The van der Waals surface area contributed by atoms with Gasteiger partial charge >= 0.3 is 0 Å². The average molecular weight is 370 g/mol. The predicted octanol–water partition coefficient (Wildman–Crippen LogP) is 3.00. The van der Waals surface area contributed by atoms with Gasteiger partial charge in [0.15, 0.2) is 5.96 Å². The van der Waals surface area contributed by atoms with Crippen LogP contribution in [0.5, 0.6) is 11.6 Å². The molecule has 0 radical (unpaired) electrons. The molecule has 3 atom stereocenters. The van der Waals surface area contributed by atoms with Gasteiger partial charge in [0.05, 0.1) is 18.2 Å². The van der Waals surface area contributed by atoms with Crippen LogP contribution in [0.15, 0.2) is 47.6 Å². The van der Waals surface area contributed by atoms with Crippen molar-refractivity contribution in [3.8, 4) is 11.6 Å². The van der Waals surface area contributed by atoms with E-state index in [0.717, 1.165) is 24.4 Å². The number of hydrogen-bond donors (Lipinski definition) is 2. The van der Waals surface area contributed by atoms with Crippen LogP contribution in [0.25, 0.3) is 0 Å². The van der Waals surface area contributed by atoms with Crippen LogP contribution >= 0.6 is 0 Å². The quantitative estimate of drug-likeness (QED) is 0.626. The highest BCUT2D eigenvalue weighted by molar-refractivity contribution is 5.80. The van der Waals surface area contributed by atoms with Gasteiger partial charge in [-0.3, -0.25) is 4.99 Å². The first-order valence-electron chi connectivity index (χ1n) is 9.20. The molecule has 2 aromatic rings. The minimum absolute atomic E-state index is 0.296. The summed E-state index contributed by atoms with van der Waals surface area (Å²) in [6.07, 6.45) is 5.80. The van der Waals surface area contributed by atoms with Crippen LogP contribution in [-0.4, -0.2) is 36.2 Å². The van der Waals surface area contributed by atoms with Crippen molar-refractivity contribution in [3.63, 3.8) is 0 Å². The monoisotopic (exact) mass is 370 g/mol. The number of nitrogens with one attached hydrogen (secondary N) is 2. The predicted molar refractivity (Wildman–Crippen MR) is 100 cm³/mol. The smallest absolute Gasteiger partial charge is 0.219 e. The third kappa shape index (κ3) is 4.36. The van der Waals surface area contributed by atoms with Gasteiger partial charge in [-0.05, 0) is 49.1 Å². The van der Waals surface area contributed by atoms with Gasteiger partial charge in [-0.25, -0.2) is 9.37 Å². The summed E-state index contributed by atoms with van der Waals surface area (Å²) >= 11 is 0. The molecule has 0 spiro atoms. The van der Waals surface area contributed by atoms with Gasteiger partial charge in [-0.2, -0.15) is 0 Å². The molecule has 7 heteroatoms. The van der Waals surface area contributed by atoms with Crippen LogP contribution in [0, 0.1) is 5.82 Å². The number of ether oxygens (including phenoxy) is 2. The molecule has 1 aromatic carbocycles. The molecule has 3 heterocycles. The van der Waals surface area contributed by atoms with E-state index in [2.05, 4.69) is 20.6 Å². The van der Waals surface area contributed by atoms with Crippen LogP contribution in [0.1, 0.15) is 24.8 Å². The van der Waals surface area contributed by atoms with Gasteiger partial charge < -0.3 is 20.1 Å². The molecule has 1 aromatic heterocycles. The lowest BCUT2D eigenvalue weighted by atomic mass is 9.96. The summed E-state index contributed by atoms with van der Waals surface area (Å²) in [5.41, 5.74) is 1.01. The molecule has 27 heavy (non-hydrogen) atoms. The van der Waals surface area contributed by atoms with Crippen molar-refractivity contribution in [2.75, 3.05) is 7.05 Å². The zero-order valence-electron chi connectivity index (χ0n) is 15.2. The van der Waals surface area contributed by atoms with E-state index in [1.54, 1.807) is 31.4 Å². The molecule has 0 aliphatic carbocycles. The van der Waals surface area contributed by atoms with E-state index < -0.39 is 0 Å². The van der Waals surface area contributed by atoms with Gasteiger partial charge in [-0.15, -0.1) is 0 Å². The Bertz CT molecular complexity index is 795. The minimum Gasteiger partial charge on any atom is -0.439 e. The molecule has 4 rings (SSSR count). The number of fused-ring (bicyclic) bond motifs is 2. The molecule has 2 aliphatic rings. The van der Waals surface area contributed by atoms with E-state index in [1.807, 2.05) is 6.07 Å². The van der Waals surface area contributed by atoms with E-state index in [1.165, 1.54) is 18.6 Å². The van der Waals surface area contributed by atoms with Crippen molar-refractivity contribution < 1.29 is 13.9 Å². The first kappa shape index (κ1) is 17.7. The van der Waals surface area contributed by atoms with Crippen molar-refractivity contribution in [3.05, 3.63) is 54.0 Å².